The predicted octanol–water partition coefficient (Wildman–Crippen LogP) is 19.3. The third-order valence-electron chi connectivity index (χ3n) is 14.5. The summed E-state index contributed by atoms with van der Waals surface area (Å²) in [6.07, 6.45) is 0. The van der Waals surface area contributed by atoms with Gasteiger partial charge in [-0.3, -0.25) is 0 Å². The SMILES string of the molecule is Cc1ccc(N(c2ccc3c(c2)oc2cc(N(c4ccc(C)c(C)c4)c4cccc5c4oc4c(C(C)(C)C)cccc45)c4ccccc4c23)c2cccc3c2oc2c(C(C)(C)C)cccc23)cc1C. The van der Waals surface area contributed by atoms with Crippen LogP contribution in [-0.2, 0) is 10.8 Å². The summed E-state index contributed by atoms with van der Waals surface area (Å²) in [5, 5.41) is 8.79. The third-order valence-corrected chi connectivity index (χ3v) is 14.5. The Morgan fingerprint density at radius 3 is 1.30 bits per heavy atom. The van der Waals surface area contributed by atoms with E-state index in [9.17, 15) is 0 Å². The zero-order chi connectivity index (χ0) is 47.7. The molecule has 69 heavy (non-hydrogen) atoms. The van der Waals surface area contributed by atoms with Crippen LogP contribution in [0.15, 0.2) is 171 Å². The van der Waals surface area contributed by atoms with Gasteiger partial charge >= 0.3 is 0 Å². The minimum Gasteiger partial charge on any atom is -0.456 e. The zero-order valence-electron chi connectivity index (χ0n) is 41.1. The van der Waals surface area contributed by atoms with Gasteiger partial charge < -0.3 is 23.1 Å². The average molecular weight is 901 g/mol. The van der Waals surface area contributed by atoms with Crippen molar-refractivity contribution >= 4 is 111 Å². The van der Waals surface area contributed by atoms with Crippen LogP contribution in [0, 0.1) is 27.7 Å². The molecule has 0 aliphatic carbocycles. The quantitative estimate of drug-likeness (QED) is 0.166. The molecule has 0 aliphatic heterocycles. The Labute approximate surface area is 403 Å². The second-order valence-electron chi connectivity index (χ2n) is 21.2. The lowest BCUT2D eigenvalue weighted by Crippen LogP contribution is -2.11. The van der Waals surface area contributed by atoms with Crippen LogP contribution < -0.4 is 9.80 Å². The Morgan fingerprint density at radius 2 is 0.768 bits per heavy atom. The van der Waals surface area contributed by atoms with Crippen molar-refractivity contribution in [1.82, 2.24) is 0 Å². The lowest BCUT2D eigenvalue weighted by atomic mass is 9.86. The zero-order valence-corrected chi connectivity index (χ0v) is 41.1. The normalized spacial score (nSPS) is 12.5. The van der Waals surface area contributed by atoms with Crippen LogP contribution in [0.2, 0.25) is 0 Å². The van der Waals surface area contributed by atoms with Gasteiger partial charge in [-0.25, -0.2) is 0 Å². The fourth-order valence-electron chi connectivity index (χ4n) is 10.6. The Balaban J connectivity index is 1.10. The smallest absolute Gasteiger partial charge is 0.159 e. The molecular formula is C64H56N2O3. The van der Waals surface area contributed by atoms with Gasteiger partial charge in [-0.1, -0.05) is 139 Å². The molecule has 0 saturated heterocycles. The Morgan fingerprint density at radius 1 is 0.319 bits per heavy atom. The number of hydrogen-bond donors (Lipinski definition) is 0. The van der Waals surface area contributed by atoms with Crippen LogP contribution in [0.5, 0.6) is 0 Å². The molecule has 0 radical (unpaired) electrons. The van der Waals surface area contributed by atoms with E-state index in [1.807, 2.05) is 0 Å². The van der Waals surface area contributed by atoms with Crippen LogP contribution in [0.4, 0.5) is 34.1 Å². The maximum Gasteiger partial charge on any atom is 0.159 e. The van der Waals surface area contributed by atoms with Crippen molar-refractivity contribution in [3.8, 4) is 0 Å². The van der Waals surface area contributed by atoms with Crippen molar-refractivity contribution in [2.75, 3.05) is 9.80 Å². The van der Waals surface area contributed by atoms with Crippen LogP contribution in [-0.4, -0.2) is 0 Å². The highest BCUT2D eigenvalue weighted by Crippen LogP contribution is 2.50. The van der Waals surface area contributed by atoms with Gasteiger partial charge in [0.25, 0.3) is 0 Å². The first kappa shape index (κ1) is 42.6. The van der Waals surface area contributed by atoms with E-state index in [2.05, 4.69) is 237 Å². The van der Waals surface area contributed by atoms with E-state index in [0.29, 0.717) is 0 Å². The largest absolute Gasteiger partial charge is 0.456 e. The monoisotopic (exact) mass is 900 g/mol. The summed E-state index contributed by atoms with van der Waals surface area (Å²) in [5.74, 6) is 0. The van der Waals surface area contributed by atoms with Crippen LogP contribution in [0.3, 0.4) is 0 Å². The first-order valence-corrected chi connectivity index (χ1v) is 24.2. The molecule has 0 saturated carbocycles. The maximum atomic E-state index is 7.15. The summed E-state index contributed by atoms with van der Waals surface area (Å²) in [5.41, 5.74) is 18.3. The van der Waals surface area contributed by atoms with Crippen molar-refractivity contribution in [2.45, 2.75) is 80.1 Å². The van der Waals surface area contributed by atoms with Gasteiger partial charge in [0.2, 0.25) is 0 Å². The number of benzene rings is 9. The number of nitrogens with zero attached hydrogens (tertiary/aromatic N) is 2. The number of hydrogen-bond acceptors (Lipinski definition) is 5. The Bertz CT molecular complexity index is 4050. The molecule has 0 atom stereocenters. The van der Waals surface area contributed by atoms with Crippen LogP contribution in [0.25, 0.3) is 76.6 Å². The van der Waals surface area contributed by atoms with Gasteiger partial charge in [0, 0.05) is 72.3 Å². The molecule has 340 valence electrons. The van der Waals surface area contributed by atoms with Gasteiger partial charge in [0.05, 0.1) is 22.7 Å². The minimum absolute atomic E-state index is 0.0926. The molecule has 0 aliphatic rings. The fraction of sp³-hybridized carbons (Fsp3) is 0.188. The van der Waals surface area contributed by atoms with E-state index >= 15 is 0 Å². The first-order chi connectivity index (χ1) is 33.1. The van der Waals surface area contributed by atoms with Gasteiger partial charge in [-0.15, -0.1) is 0 Å². The number of aryl methyl sites for hydroxylation is 4. The number of rotatable bonds is 6. The van der Waals surface area contributed by atoms with E-state index in [4.69, 9.17) is 13.3 Å². The molecule has 5 heteroatoms. The molecule has 0 unspecified atom stereocenters. The van der Waals surface area contributed by atoms with Crippen LogP contribution in [0.1, 0.15) is 74.9 Å². The molecule has 0 N–H and O–H groups in total. The topological polar surface area (TPSA) is 45.9 Å². The molecule has 3 aromatic heterocycles. The summed E-state index contributed by atoms with van der Waals surface area (Å²) < 4.78 is 21.2. The molecule has 0 amide bonds. The standard InChI is InChI=1S/C64H56N2O3/c1-37-27-29-41(33-39(37)3)65(53-25-15-21-48-46-19-13-23-51(63(5,6)7)59(46)68-61(48)53)43-31-32-50-56(35-43)67-57-36-55(44-17-11-12-18-45(44)58(50)57)66(42-30-28-38(2)40(4)34-42)54-26-16-22-49-47-20-14-24-52(64(8,9)10)60(47)69-62(49)54/h11-36H,1-10H3. The molecule has 12 rings (SSSR count). The lowest BCUT2D eigenvalue weighted by molar-refractivity contribution is 0.572. The lowest BCUT2D eigenvalue weighted by Gasteiger charge is -2.27. The van der Waals surface area contributed by atoms with E-state index in [1.54, 1.807) is 0 Å². The Kier molecular flexibility index (Phi) is 9.49. The van der Waals surface area contributed by atoms with E-state index in [1.165, 1.54) is 33.4 Å². The summed E-state index contributed by atoms with van der Waals surface area (Å²) in [6, 6.07) is 57.1. The minimum atomic E-state index is -0.100. The maximum absolute atomic E-state index is 7.15. The fourth-order valence-corrected chi connectivity index (χ4v) is 10.6. The summed E-state index contributed by atoms with van der Waals surface area (Å²) in [7, 11) is 0. The highest BCUT2D eigenvalue weighted by molar-refractivity contribution is 6.23. The van der Waals surface area contributed by atoms with Crippen molar-refractivity contribution < 1.29 is 13.3 Å². The van der Waals surface area contributed by atoms with Crippen molar-refractivity contribution in [3.63, 3.8) is 0 Å². The highest BCUT2D eigenvalue weighted by atomic mass is 16.3. The van der Waals surface area contributed by atoms with E-state index in [-0.39, 0.29) is 10.8 Å². The van der Waals surface area contributed by atoms with Gasteiger partial charge in [-0.2, -0.15) is 0 Å². The van der Waals surface area contributed by atoms with Crippen molar-refractivity contribution in [2.24, 2.45) is 0 Å². The first-order valence-electron chi connectivity index (χ1n) is 24.2. The molecule has 5 nitrogen and oxygen atoms in total. The number of fused-ring (bicyclic) bond motifs is 11. The number of anilines is 6. The summed E-state index contributed by atoms with van der Waals surface area (Å²) >= 11 is 0. The highest BCUT2D eigenvalue weighted by Gasteiger charge is 2.28. The second kappa shape index (κ2) is 15.4. The van der Waals surface area contributed by atoms with Crippen LogP contribution >= 0.6 is 0 Å². The molecule has 0 fully saturated rings. The van der Waals surface area contributed by atoms with Crippen molar-refractivity contribution in [3.05, 3.63) is 191 Å². The molecular weight excluding hydrogens is 845 g/mol. The van der Waals surface area contributed by atoms with Gasteiger partial charge in [0.1, 0.15) is 22.3 Å². The van der Waals surface area contributed by atoms with Gasteiger partial charge in [-0.05, 0) is 115 Å². The summed E-state index contributed by atoms with van der Waals surface area (Å²) in [4.78, 5) is 4.69. The summed E-state index contributed by atoms with van der Waals surface area (Å²) in [6.45, 7) is 22.2. The Hall–Kier alpha value is -7.76. The molecule has 9 aromatic carbocycles. The number of furan rings is 3. The van der Waals surface area contributed by atoms with E-state index < -0.39 is 0 Å². The molecule has 12 aromatic rings. The predicted molar refractivity (Wildman–Crippen MR) is 291 cm³/mol. The van der Waals surface area contributed by atoms with E-state index in [0.717, 1.165) is 111 Å². The second-order valence-corrected chi connectivity index (χ2v) is 21.2. The molecule has 3 heterocycles. The van der Waals surface area contributed by atoms with Crippen molar-refractivity contribution in [1.29, 1.82) is 0 Å². The third kappa shape index (κ3) is 6.73. The van der Waals surface area contributed by atoms with Gasteiger partial charge in [0.15, 0.2) is 11.2 Å². The molecule has 0 spiro atoms. The average Bonchev–Trinajstić information content (AvgIpc) is 4.03. The number of para-hydroxylation sites is 4. The molecule has 0 bridgehead atoms.